The van der Waals surface area contributed by atoms with Crippen LogP contribution in [0.1, 0.15) is 41.7 Å². The summed E-state index contributed by atoms with van der Waals surface area (Å²) in [5.41, 5.74) is 1.87. The van der Waals surface area contributed by atoms with Crippen molar-refractivity contribution in [2.75, 3.05) is 17.5 Å². The maximum absolute atomic E-state index is 12.1. The lowest BCUT2D eigenvalue weighted by atomic mass is 10.1. The van der Waals surface area contributed by atoms with E-state index >= 15 is 0 Å². The van der Waals surface area contributed by atoms with Crippen molar-refractivity contribution in [2.45, 2.75) is 25.8 Å². The first-order valence-electron chi connectivity index (χ1n) is 8.42. The van der Waals surface area contributed by atoms with Gasteiger partial charge in [-0.2, -0.15) is 11.3 Å². The van der Waals surface area contributed by atoms with Gasteiger partial charge in [0.15, 0.2) is 0 Å². The predicted molar refractivity (Wildman–Crippen MR) is 107 cm³/mol. The average Bonchev–Trinajstić information content (AvgIpc) is 3.12. The van der Waals surface area contributed by atoms with E-state index in [1.165, 1.54) is 11.3 Å². The van der Waals surface area contributed by atoms with Crippen LogP contribution in [0.5, 0.6) is 0 Å². The third kappa shape index (κ3) is 7.40. The van der Waals surface area contributed by atoms with E-state index in [1.54, 1.807) is 29.6 Å². The fourth-order valence-electron chi connectivity index (χ4n) is 2.43. The maximum atomic E-state index is 12.1. The van der Waals surface area contributed by atoms with Crippen LogP contribution in [0.3, 0.4) is 0 Å². The lowest BCUT2D eigenvalue weighted by Crippen LogP contribution is -2.29. The molecule has 1 unspecified atom stereocenters. The van der Waals surface area contributed by atoms with Crippen LogP contribution in [0.25, 0.3) is 0 Å². The first-order chi connectivity index (χ1) is 12.7. The number of hydrogen-bond acceptors (Lipinski definition) is 5. The molecule has 0 aliphatic heterocycles. The molecule has 0 radical (unpaired) electrons. The highest BCUT2D eigenvalue weighted by molar-refractivity contribution is 7.92. The van der Waals surface area contributed by atoms with Gasteiger partial charge in [0.2, 0.25) is 15.9 Å². The van der Waals surface area contributed by atoms with E-state index in [4.69, 9.17) is 0 Å². The summed E-state index contributed by atoms with van der Waals surface area (Å²) in [6.45, 7) is 2.25. The Balaban J connectivity index is 1.76. The highest BCUT2D eigenvalue weighted by Gasteiger charge is 2.11. The van der Waals surface area contributed by atoms with Crippen molar-refractivity contribution in [1.82, 2.24) is 10.6 Å². The summed E-state index contributed by atoms with van der Waals surface area (Å²) in [6, 6.07) is 8.37. The van der Waals surface area contributed by atoms with Crippen LogP contribution < -0.4 is 15.4 Å². The molecule has 0 aliphatic rings. The SMILES string of the molecule is CC(NC(=O)CCCNC(=O)c1ccsc1)c1cccc(NS(C)(=O)=O)c1. The Labute approximate surface area is 163 Å². The number of carbonyl (C=O) groups is 2. The molecule has 3 N–H and O–H groups in total. The molecule has 0 spiro atoms. The number of amides is 2. The summed E-state index contributed by atoms with van der Waals surface area (Å²) in [6.07, 6.45) is 1.90. The van der Waals surface area contributed by atoms with Gasteiger partial charge in [0.25, 0.3) is 5.91 Å². The van der Waals surface area contributed by atoms with E-state index in [1.807, 2.05) is 18.4 Å². The van der Waals surface area contributed by atoms with Crippen molar-refractivity contribution in [3.05, 3.63) is 52.2 Å². The van der Waals surface area contributed by atoms with E-state index < -0.39 is 10.0 Å². The predicted octanol–water partition coefficient (Wildman–Crippen LogP) is 2.51. The summed E-state index contributed by atoms with van der Waals surface area (Å²) >= 11 is 1.46. The molecule has 7 nitrogen and oxygen atoms in total. The summed E-state index contributed by atoms with van der Waals surface area (Å²) < 4.78 is 25.1. The molecule has 0 saturated heterocycles. The van der Waals surface area contributed by atoms with Gasteiger partial charge >= 0.3 is 0 Å². The normalized spacial score (nSPS) is 12.2. The van der Waals surface area contributed by atoms with Crippen molar-refractivity contribution in [3.63, 3.8) is 0 Å². The molecule has 2 aromatic rings. The van der Waals surface area contributed by atoms with Crippen LogP contribution >= 0.6 is 11.3 Å². The molecule has 2 amide bonds. The zero-order valence-electron chi connectivity index (χ0n) is 15.2. The summed E-state index contributed by atoms with van der Waals surface area (Å²) in [5, 5.41) is 9.26. The summed E-state index contributed by atoms with van der Waals surface area (Å²) in [7, 11) is -3.35. The minimum absolute atomic E-state index is 0.131. The number of carbonyl (C=O) groups excluding carboxylic acids is 2. The minimum Gasteiger partial charge on any atom is -0.352 e. The van der Waals surface area contributed by atoms with Gasteiger partial charge in [-0.1, -0.05) is 12.1 Å². The summed E-state index contributed by atoms with van der Waals surface area (Å²) in [4.78, 5) is 23.9. The van der Waals surface area contributed by atoms with Gasteiger partial charge in [-0.25, -0.2) is 8.42 Å². The molecular formula is C18H23N3O4S2. The standard InChI is InChI=1S/C18H23N3O4S2/c1-13(14-5-3-6-16(11-14)21-27(2,24)25)20-17(22)7-4-9-19-18(23)15-8-10-26-12-15/h3,5-6,8,10-13,21H,4,7,9H2,1-2H3,(H,19,23)(H,20,22). The van der Waals surface area contributed by atoms with E-state index in [9.17, 15) is 18.0 Å². The fourth-order valence-corrected chi connectivity index (χ4v) is 3.62. The number of nitrogens with one attached hydrogen (secondary N) is 3. The molecular weight excluding hydrogens is 386 g/mol. The van der Waals surface area contributed by atoms with E-state index in [0.29, 0.717) is 24.2 Å². The van der Waals surface area contributed by atoms with Crippen molar-refractivity contribution < 1.29 is 18.0 Å². The number of thiophene rings is 1. The van der Waals surface area contributed by atoms with E-state index in [-0.39, 0.29) is 24.3 Å². The Morgan fingerprint density at radius 3 is 2.67 bits per heavy atom. The minimum atomic E-state index is -3.35. The molecule has 1 atom stereocenters. The van der Waals surface area contributed by atoms with Crippen LogP contribution in [0, 0.1) is 0 Å². The van der Waals surface area contributed by atoms with Crippen molar-refractivity contribution in [1.29, 1.82) is 0 Å². The molecule has 0 bridgehead atoms. The maximum Gasteiger partial charge on any atom is 0.252 e. The van der Waals surface area contributed by atoms with Gasteiger partial charge in [-0.3, -0.25) is 14.3 Å². The van der Waals surface area contributed by atoms with Crippen molar-refractivity contribution in [3.8, 4) is 0 Å². The average molecular weight is 410 g/mol. The molecule has 9 heteroatoms. The highest BCUT2D eigenvalue weighted by Crippen LogP contribution is 2.18. The molecule has 1 aromatic heterocycles. The number of benzene rings is 1. The third-order valence-electron chi connectivity index (χ3n) is 3.72. The number of anilines is 1. The molecule has 2 rings (SSSR count). The lowest BCUT2D eigenvalue weighted by molar-refractivity contribution is -0.121. The van der Waals surface area contributed by atoms with Crippen LogP contribution in [0.2, 0.25) is 0 Å². The van der Waals surface area contributed by atoms with E-state index in [0.717, 1.165) is 11.8 Å². The molecule has 27 heavy (non-hydrogen) atoms. The van der Waals surface area contributed by atoms with Crippen LogP contribution in [-0.2, 0) is 14.8 Å². The Hall–Kier alpha value is -2.39. The largest absolute Gasteiger partial charge is 0.352 e. The van der Waals surface area contributed by atoms with Gasteiger partial charge in [0, 0.05) is 29.6 Å². The smallest absolute Gasteiger partial charge is 0.252 e. The lowest BCUT2D eigenvalue weighted by Gasteiger charge is -2.16. The van der Waals surface area contributed by atoms with Crippen LogP contribution in [0.4, 0.5) is 5.69 Å². The Morgan fingerprint density at radius 2 is 2.00 bits per heavy atom. The zero-order valence-corrected chi connectivity index (χ0v) is 16.8. The van der Waals surface area contributed by atoms with Crippen LogP contribution in [-0.4, -0.2) is 33.0 Å². The molecule has 1 aromatic carbocycles. The highest BCUT2D eigenvalue weighted by atomic mass is 32.2. The Bertz CT molecular complexity index is 880. The first-order valence-corrected chi connectivity index (χ1v) is 11.3. The topological polar surface area (TPSA) is 104 Å². The summed E-state index contributed by atoms with van der Waals surface area (Å²) in [5.74, 6) is -0.269. The third-order valence-corrected chi connectivity index (χ3v) is 5.01. The Morgan fingerprint density at radius 1 is 1.22 bits per heavy atom. The van der Waals surface area contributed by atoms with E-state index in [2.05, 4.69) is 15.4 Å². The quantitative estimate of drug-likeness (QED) is 0.554. The number of hydrogen-bond donors (Lipinski definition) is 3. The second-order valence-electron chi connectivity index (χ2n) is 6.16. The van der Waals surface area contributed by atoms with Crippen molar-refractivity contribution >= 4 is 38.9 Å². The van der Waals surface area contributed by atoms with Gasteiger partial charge in [-0.05, 0) is 42.5 Å². The second kappa shape index (κ2) is 9.52. The first kappa shape index (κ1) is 20.9. The zero-order chi connectivity index (χ0) is 19.9. The van der Waals surface area contributed by atoms with Gasteiger partial charge < -0.3 is 10.6 Å². The molecule has 0 saturated carbocycles. The monoisotopic (exact) mass is 409 g/mol. The number of rotatable bonds is 9. The van der Waals surface area contributed by atoms with Gasteiger partial charge in [0.1, 0.15) is 0 Å². The fraction of sp³-hybridized carbons (Fsp3) is 0.333. The van der Waals surface area contributed by atoms with Crippen molar-refractivity contribution in [2.24, 2.45) is 0 Å². The van der Waals surface area contributed by atoms with Gasteiger partial charge in [0.05, 0.1) is 12.3 Å². The molecule has 1 heterocycles. The molecule has 0 fully saturated rings. The second-order valence-corrected chi connectivity index (χ2v) is 8.69. The molecule has 0 aliphatic carbocycles. The Kier molecular flexibility index (Phi) is 7.37. The van der Waals surface area contributed by atoms with Gasteiger partial charge in [-0.15, -0.1) is 0 Å². The van der Waals surface area contributed by atoms with Crippen LogP contribution in [0.15, 0.2) is 41.1 Å². The number of sulfonamides is 1. The molecule has 146 valence electrons.